The van der Waals surface area contributed by atoms with Crippen LogP contribution in [0.4, 0.5) is 0 Å². The third-order valence-corrected chi connectivity index (χ3v) is 4.31. The van der Waals surface area contributed by atoms with Crippen molar-refractivity contribution in [3.05, 3.63) is 29.8 Å². The van der Waals surface area contributed by atoms with Crippen molar-refractivity contribution < 1.29 is 52.7 Å². The quantitative estimate of drug-likeness (QED) is 0.436. The molecular formula is C21H26O11. The summed E-state index contributed by atoms with van der Waals surface area (Å²) in [6.45, 7) is 4.09. The number of esters is 4. The van der Waals surface area contributed by atoms with Crippen molar-refractivity contribution in [3.63, 3.8) is 0 Å². The molecule has 5 atom stereocenters. The van der Waals surface area contributed by atoms with E-state index in [4.69, 9.17) is 28.4 Å². The van der Waals surface area contributed by atoms with Crippen molar-refractivity contribution in [1.82, 2.24) is 0 Å². The molecule has 0 spiro atoms. The van der Waals surface area contributed by atoms with Crippen LogP contribution in [0.3, 0.4) is 0 Å². The Morgan fingerprint density at radius 1 is 0.812 bits per heavy atom. The fraction of sp³-hybridized carbons (Fsp3) is 0.524. The van der Waals surface area contributed by atoms with Gasteiger partial charge in [0.2, 0.25) is 12.4 Å². The summed E-state index contributed by atoms with van der Waals surface area (Å²) >= 11 is 0. The van der Waals surface area contributed by atoms with Gasteiger partial charge in [0, 0.05) is 27.7 Å². The van der Waals surface area contributed by atoms with Gasteiger partial charge in [0.1, 0.15) is 18.5 Å². The largest absolute Gasteiger partial charge is 0.463 e. The molecule has 11 heteroatoms. The number of aliphatic hydroxyl groups excluding tert-OH is 1. The predicted molar refractivity (Wildman–Crippen MR) is 105 cm³/mol. The summed E-state index contributed by atoms with van der Waals surface area (Å²) in [4.78, 5) is 46.6. The lowest BCUT2D eigenvalue weighted by molar-refractivity contribution is -0.288. The molecule has 32 heavy (non-hydrogen) atoms. The first-order chi connectivity index (χ1) is 15.1. The summed E-state index contributed by atoms with van der Waals surface area (Å²) in [5, 5.41) is 9.20. The highest BCUT2D eigenvalue weighted by atomic mass is 16.7. The molecule has 176 valence electrons. The Kier molecular flexibility index (Phi) is 8.97. The molecule has 1 fully saturated rings. The maximum atomic E-state index is 11.8. The van der Waals surface area contributed by atoms with Crippen LogP contribution in [0.5, 0.6) is 5.75 Å². The number of carbonyl (C=O) groups is 4. The SMILES string of the molecule is CC(=O)OC[C@H]1O[C@H](Oc2ccc(CO)cc2)[C@H](OC(C)=O)[C@@H](OC(C)=O)[C@H]1OC(C)=O. The van der Waals surface area contributed by atoms with Gasteiger partial charge in [0.05, 0.1) is 6.61 Å². The molecule has 2 rings (SSSR count). The molecule has 0 radical (unpaired) electrons. The molecule has 1 aliphatic rings. The fourth-order valence-electron chi connectivity index (χ4n) is 3.09. The van der Waals surface area contributed by atoms with Crippen molar-refractivity contribution in [1.29, 1.82) is 0 Å². The average molecular weight is 454 g/mol. The highest BCUT2D eigenvalue weighted by molar-refractivity contribution is 5.68. The Bertz CT molecular complexity index is 820. The molecule has 0 saturated carbocycles. The number of aliphatic hydroxyl groups is 1. The number of carbonyl (C=O) groups excluding carboxylic acids is 4. The third kappa shape index (κ3) is 7.20. The van der Waals surface area contributed by atoms with E-state index in [2.05, 4.69) is 0 Å². The van der Waals surface area contributed by atoms with E-state index >= 15 is 0 Å². The number of ether oxygens (including phenoxy) is 6. The molecule has 1 aliphatic heterocycles. The zero-order valence-corrected chi connectivity index (χ0v) is 18.1. The number of hydrogen-bond donors (Lipinski definition) is 1. The molecule has 0 aliphatic carbocycles. The van der Waals surface area contributed by atoms with E-state index in [1.807, 2.05) is 0 Å². The van der Waals surface area contributed by atoms with Crippen molar-refractivity contribution in [2.75, 3.05) is 6.61 Å². The van der Waals surface area contributed by atoms with E-state index in [0.717, 1.165) is 20.8 Å². The third-order valence-electron chi connectivity index (χ3n) is 4.31. The van der Waals surface area contributed by atoms with Crippen molar-refractivity contribution in [2.24, 2.45) is 0 Å². The molecule has 0 amide bonds. The summed E-state index contributed by atoms with van der Waals surface area (Å²) in [7, 11) is 0. The Morgan fingerprint density at radius 3 is 1.84 bits per heavy atom. The minimum atomic E-state index is -1.31. The first-order valence-corrected chi connectivity index (χ1v) is 9.77. The first kappa shape index (κ1) is 25.1. The minimum absolute atomic E-state index is 0.167. The van der Waals surface area contributed by atoms with Gasteiger partial charge in [-0.05, 0) is 17.7 Å². The van der Waals surface area contributed by atoms with E-state index < -0.39 is 54.6 Å². The smallest absolute Gasteiger partial charge is 0.303 e. The molecule has 1 saturated heterocycles. The van der Waals surface area contributed by atoms with Crippen LogP contribution in [0.1, 0.15) is 33.3 Å². The summed E-state index contributed by atoms with van der Waals surface area (Å²) < 4.78 is 32.6. The maximum absolute atomic E-state index is 11.8. The molecule has 0 bridgehead atoms. The van der Waals surface area contributed by atoms with Gasteiger partial charge in [0.25, 0.3) is 0 Å². The van der Waals surface area contributed by atoms with Gasteiger partial charge in [-0.3, -0.25) is 19.2 Å². The lowest BCUT2D eigenvalue weighted by atomic mass is 9.98. The summed E-state index contributed by atoms with van der Waals surface area (Å²) in [6, 6.07) is 6.33. The Balaban J connectivity index is 2.42. The number of rotatable bonds is 8. The second-order valence-corrected chi connectivity index (χ2v) is 6.99. The maximum Gasteiger partial charge on any atom is 0.303 e. The van der Waals surface area contributed by atoms with Crippen molar-refractivity contribution in [3.8, 4) is 5.75 Å². The fourth-order valence-corrected chi connectivity index (χ4v) is 3.09. The van der Waals surface area contributed by atoms with Crippen LogP contribution in [0.15, 0.2) is 24.3 Å². The van der Waals surface area contributed by atoms with Crippen LogP contribution in [-0.4, -0.2) is 66.3 Å². The Hall–Kier alpha value is -3.18. The molecular weight excluding hydrogens is 428 g/mol. The number of hydrogen-bond acceptors (Lipinski definition) is 11. The highest BCUT2D eigenvalue weighted by Gasteiger charge is 2.53. The van der Waals surface area contributed by atoms with Gasteiger partial charge in [0.15, 0.2) is 12.2 Å². The predicted octanol–water partition coefficient (Wildman–Crippen LogP) is 0.641. The summed E-state index contributed by atoms with van der Waals surface area (Å²) in [5.41, 5.74) is 0.638. The van der Waals surface area contributed by atoms with E-state index in [1.165, 1.54) is 6.92 Å². The van der Waals surface area contributed by atoms with Crippen LogP contribution in [0.2, 0.25) is 0 Å². The average Bonchev–Trinajstić information content (AvgIpc) is 2.70. The van der Waals surface area contributed by atoms with Crippen LogP contribution < -0.4 is 4.74 Å². The lowest BCUT2D eigenvalue weighted by Crippen LogP contribution is -2.63. The molecule has 0 unspecified atom stereocenters. The van der Waals surface area contributed by atoms with Gasteiger partial charge in [-0.15, -0.1) is 0 Å². The molecule has 11 nitrogen and oxygen atoms in total. The Morgan fingerprint density at radius 2 is 1.34 bits per heavy atom. The van der Waals surface area contributed by atoms with Crippen LogP contribution in [0, 0.1) is 0 Å². The normalized spacial score (nSPS) is 24.7. The molecule has 1 aromatic carbocycles. The number of benzene rings is 1. The zero-order valence-electron chi connectivity index (χ0n) is 18.1. The molecule has 0 aromatic heterocycles. The minimum Gasteiger partial charge on any atom is -0.463 e. The zero-order chi connectivity index (χ0) is 23.8. The summed E-state index contributed by atoms with van der Waals surface area (Å²) in [6.07, 6.45) is -6.28. The topological polar surface area (TPSA) is 144 Å². The van der Waals surface area contributed by atoms with Gasteiger partial charge in [-0.1, -0.05) is 12.1 Å². The first-order valence-electron chi connectivity index (χ1n) is 9.77. The van der Waals surface area contributed by atoms with Crippen molar-refractivity contribution in [2.45, 2.75) is 65.0 Å². The van der Waals surface area contributed by atoms with Gasteiger partial charge in [-0.2, -0.15) is 0 Å². The highest BCUT2D eigenvalue weighted by Crippen LogP contribution is 2.31. The molecule has 1 N–H and O–H groups in total. The standard InChI is InChI=1S/C21H26O11/c1-11(23)27-10-17-18(28-12(2)24)19(29-13(3)25)20(30-14(4)26)21(32-17)31-16-7-5-15(9-22)6-8-16/h5-8,17-22H,9-10H2,1-4H3/t17-,18+,19+,20-,21+/m1/s1. The van der Waals surface area contributed by atoms with Crippen molar-refractivity contribution >= 4 is 23.9 Å². The van der Waals surface area contributed by atoms with Gasteiger partial charge in [-0.25, -0.2) is 0 Å². The summed E-state index contributed by atoms with van der Waals surface area (Å²) in [5.74, 6) is -2.49. The van der Waals surface area contributed by atoms with E-state index in [1.54, 1.807) is 24.3 Å². The van der Waals surface area contributed by atoms with E-state index in [-0.39, 0.29) is 13.2 Å². The second-order valence-electron chi connectivity index (χ2n) is 6.99. The van der Waals surface area contributed by atoms with Crippen LogP contribution in [-0.2, 0) is 49.5 Å². The Labute approximate surface area is 184 Å². The molecule has 1 heterocycles. The van der Waals surface area contributed by atoms with E-state index in [0.29, 0.717) is 11.3 Å². The molecule has 1 aromatic rings. The van der Waals surface area contributed by atoms with Gasteiger partial charge < -0.3 is 33.5 Å². The monoisotopic (exact) mass is 454 g/mol. The van der Waals surface area contributed by atoms with E-state index in [9.17, 15) is 24.3 Å². The lowest BCUT2D eigenvalue weighted by Gasteiger charge is -2.43. The van der Waals surface area contributed by atoms with Crippen LogP contribution >= 0.6 is 0 Å². The second kappa shape index (κ2) is 11.4. The van der Waals surface area contributed by atoms with Crippen LogP contribution in [0.25, 0.3) is 0 Å². The van der Waals surface area contributed by atoms with Gasteiger partial charge >= 0.3 is 23.9 Å².